The van der Waals surface area contributed by atoms with Gasteiger partial charge in [-0.2, -0.15) is 0 Å². The van der Waals surface area contributed by atoms with Crippen molar-refractivity contribution in [1.29, 1.82) is 0 Å². The van der Waals surface area contributed by atoms with Crippen LogP contribution in [-0.2, 0) is 4.79 Å². The van der Waals surface area contributed by atoms with Gasteiger partial charge < -0.3 is 10.0 Å². The third kappa shape index (κ3) is 3.31. The van der Waals surface area contributed by atoms with E-state index in [0.29, 0.717) is 35.7 Å². The number of aliphatic carboxylic acids is 1. The lowest BCUT2D eigenvalue weighted by molar-refractivity contribution is -0.138. The fourth-order valence-electron chi connectivity index (χ4n) is 2.72. The van der Waals surface area contributed by atoms with Gasteiger partial charge in [-0.15, -0.1) is 0 Å². The van der Waals surface area contributed by atoms with Crippen LogP contribution >= 0.6 is 11.6 Å². The van der Waals surface area contributed by atoms with E-state index in [4.69, 9.17) is 11.6 Å². The summed E-state index contributed by atoms with van der Waals surface area (Å²) in [6, 6.07) is 7.03. The number of anilines is 1. The minimum atomic E-state index is -2.77. The molecule has 1 aromatic heterocycles. The number of hydrogen-bond acceptors (Lipinski definition) is 4. The van der Waals surface area contributed by atoms with Crippen molar-refractivity contribution in [2.45, 2.75) is 25.3 Å². The summed E-state index contributed by atoms with van der Waals surface area (Å²) in [7, 11) is 0. The van der Waals surface area contributed by atoms with E-state index in [-0.39, 0.29) is 5.95 Å². The first-order valence-corrected chi connectivity index (χ1v) is 7.76. The molecule has 0 bridgehead atoms. The predicted molar refractivity (Wildman–Crippen MR) is 85.4 cm³/mol. The van der Waals surface area contributed by atoms with Gasteiger partial charge in [-0.25, -0.2) is 23.5 Å². The first kappa shape index (κ1) is 16.6. The Balaban J connectivity index is 2.06. The number of carboxylic acid groups (broad SMARTS) is 1. The molecule has 2 aromatic rings. The number of carboxylic acids is 1. The molecule has 3 rings (SSSR count). The highest BCUT2D eigenvalue weighted by atomic mass is 35.5. The minimum Gasteiger partial charge on any atom is -0.480 e. The Morgan fingerprint density at radius 3 is 2.62 bits per heavy atom. The van der Waals surface area contributed by atoms with Crippen LogP contribution in [0.4, 0.5) is 14.7 Å². The normalized spacial score (nSPS) is 17.5. The quantitative estimate of drug-likeness (QED) is 0.905. The van der Waals surface area contributed by atoms with E-state index in [1.54, 1.807) is 24.3 Å². The van der Waals surface area contributed by atoms with Gasteiger partial charge in [0.2, 0.25) is 5.95 Å². The number of carbonyl (C=O) groups is 1. The molecule has 24 heavy (non-hydrogen) atoms. The van der Waals surface area contributed by atoms with E-state index in [9.17, 15) is 18.7 Å². The van der Waals surface area contributed by atoms with E-state index in [2.05, 4.69) is 9.97 Å². The molecule has 1 N–H and O–H groups in total. The molecule has 1 aromatic carbocycles. The van der Waals surface area contributed by atoms with Crippen molar-refractivity contribution in [1.82, 2.24) is 9.97 Å². The summed E-state index contributed by atoms with van der Waals surface area (Å²) in [5.74, 6) is -0.991. The van der Waals surface area contributed by atoms with E-state index in [1.165, 1.54) is 11.0 Å². The maximum atomic E-state index is 13.2. The predicted octanol–water partition coefficient (Wildman–Crippen LogP) is 3.79. The molecule has 1 saturated heterocycles. The topological polar surface area (TPSA) is 66.3 Å². The Bertz CT molecular complexity index is 755. The van der Waals surface area contributed by atoms with Crippen LogP contribution in [0.15, 0.2) is 30.3 Å². The zero-order chi connectivity index (χ0) is 17.3. The van der Waals surface area contributed by atoms with Gasteiger partial charge in [0.1, 0.15) is 11.7 Å². The molecule has 2 heterocycles. The third-order valence-electron chi connectivity index (χ3n) is 3.89. The van der Waals surface area contributed by atoms with Crippen molar-refractivity contribution < 1.29 is 18.7 Å². The van der Waals surface area contributed by atoms with E-state index in [1.807, 2.05) is 0 Å². The molecule has 8 heteroatoms. The van der Waals surface area contributed by atoms with Gasteiger partial charge in [-0.05, 0) is 31.0 Å². The third-order valence-corrected chi connectivity index (χ3v) is 4.14. The second-order valence-electron chi connectivity index (χ2n) is 5.48. The van der Waals surface area contributed by atoms with Gasteiger partial charge in [-0.1, -0.05) is 23.7 Å². The molecule has 0 amide bonds. The molecule has 1 unspecified atom stereocenters. The summed E-state index contributed by atoms with van der Waals surface area (Å²) in [6.07, 6.45) is -1.69. The fourth-order valence-corrected chi connectivity index (χ4v) is 2.85. The average molecular weight is 354 g/mol. The standard InChI is InChI=1S/C16H14ClF2N3O2/c17-10-5-3-9(4-6-10)11-8-12(14(18)19)21-16(20-11)22-7-1-2-13(22)15(23)24/h3-6,8,13-14H,1-2,7H2,(H,23,24). The Hall–Kier alpha value is -2.28. The molecule has 1 atom stereocenters. The molecule has 126 valence electrons. The molecule has 0 aliphatic carbocycles. The van der Waals surface area contributed by atoms with Gasteiger partial charge in [-0.3, -0.25) is 0 Å². The summed E-state index contributed by atoms with van der Waals surface area (Å²) < 4.78 is 26.4. The maximum absolute atomic E-state index is 13.2. The minimum absolute atomic E-state index is 0.0163. The molecule has 1 aliphatic heterocycles. The number of halogens is 3. The lowest BCUT2D eigenvalue weighted by Crippen LogP contribution is -2.37. The fraction of sp³-hybridized carbons (Fsp3) is 0.312. The monoisotopic (exact) mass is 353 g/mol. The first-order chi connectivity index (χ1) is 11.5. The lowest BCUT2D eigenvalue weighted by Gasteiger charge is -2.22. The second kappa shape index (κ2) is 6.68. The molecule has 0 saturated carbocycles. The van der Waals surface area contributed by atoms with Crippen LogP contribution in [0.25, 0.3) is 11.3 Å². The highest BCUT2D eigenvalue weighted by Crippen LogP contribution is 2.29. The Morgan fingerprint density at radius 2 is 2.00 bits per heavy atom. The highest BCUT2D eigenvalue weighted by Gasteiger charge is 2.33. The number of benzene rings is 1. The van der Waals surface area contributed by atoms with E-state index in [0.717, 1.165) is 0 Å². The summed E-state index contributed by atoms with van der Waals surface area (Å²) in [5, 5.41) is 9.80. The number of hydrogen-bond donors (Lipinski definition) is 1. The Labute approximate surface area is 141 Å². The van der Waals surface area contributed by atoms with Crippen molar-refractivity contribution >= 4 is 23.5 Å². The van der Waals surface area contributed by atoms with Crippen molar-refractivity contribution in [3.05, 3.63) is 41.0 Å². The number of rotatable bonds is 4. The van der Waals surface area contributed by atoms with Crippen LogP contribution in [0.1, 0.15) is 25.0 Å². The molecule has 1 aliphatic rings. The maximum Gasteiger partial charge on any atom is 0.326 e. The van der Waals surface area contributed by atoms with Gasteiger partial charge >= 0.3 is 5.97 Å². The summed E-state index contributed by atoms with van der Waals surface area (Å²) in [6.45, 7) is 0.420. The van der Waals surface area contributed by atoms with Gasteiger partial charge in [0.15, 0.2) is 0 Å². The molecule has 1 fully saturated rings. The first-order valence-electron chi connectivity index (χ1n) is 7.38. The average Bonchev–Trinajstić information content (AvgIpc) is 3.05. The van der Waals surface area contributed by atoms with Crippen LogP contribution in [0.5, 0.6) is 0 Å². The van der Waals surface area contributed by atoms with Gasteiger partial charge in [0, 0.05) is 17.1 Å². The van der Waals surface area contributed by atoms with Crippen LogP contribution in [-0.4, -0.2) is 33.6 Å². The van der Waals surface area contributed by atoms with Crippen LogP contribution in [0, 0.1) is 0 Å². The van der Waals surface area contributed by atoms with Crippen molar-refractivity contribution in [3.8, 4) is 11.3 Å². The van der Waals surface area contributed by atoms with Crippen LogP contribution < -0.4 is 4.90 Å². The van der Waals surface area contributed by atoms with Crippen LogP contribution in [0.3, 0.4) is 0 Å². The summed E-state index contributed by atoms with van der Waals surface area (Å²) in [5.41, 5.74) is 0.486. The molecule has 0 radical (unpaired) electrons. The summed E-state index contributed by atoms with van der Waals surface area (Å²) in [4.78, 5) is 21.0. The van der Waals surface area contributed by atoms with Gasteiger partial charge in [0.25, 0.3) is 6.43 Å². The van der Waals surface area contributed by atoms with E-state index < -0.39 is 24.1 Å². The molecule has 5 nitrogen and oxygen atoms in total. The van der Waals surface area contributed by atoms with E-state index >= 15 is 0 Å². The van der Waals surface area contributed by atoms with Gasteiger partial charge in [0.05, 0.1) is 5.69 Å². The largest absolute Gasteiger partial charge is 0.480 e. The second-order valence-corrected chi connectivity index (χ2v) is 5.91. The number of alkyl halides is 2. The van der Waals surface area contributed by atoms with Crippen LogP contribution in [0.2, 0.25) is 5.02 Å². The number of aromatic nitrogens is 2. The lowest BCUT2D eigenvalue weighted by atomic mass is 10.1. The number of nitrogens with zero attached hydrogens (tertiary/aromatic N) is 3. The summed E-state index contributed by atoms with van der Waals surface area (Å²) >= 11 is 5.84. The van der Waals surface area contributed by atoms with Crippen molar-refractivity contribution in [2.75, 3.05) is 11.4 Å². The molecule has 0 spiro atoms. The van der Waals surface area contributed by atoms with Crippen molar-refractivity contribution in [2.24, 2.45) is 0 Å². The molecular weight excluding hydrogens is 340 g/mol. The Kier molecular flexibility index (Phi) is 4.62. The highest BCUT2D eigenvalue weighted by molar-refractivity contribution is 6.30. The Morgan fingerprint density at radius 1 is 1.29 bits per heavy atom. The smallest absolute Gasteiger partial charge is 0.326 e. The van der Waals surface area contributed by atoms with Crippen molar-refractivity contribution in [3.63, 3.8) is 0 Å². The zero-order valence-electron chi connectivity index (χ0n) is 12.5. The molecular formula is C16H14ClF2N3O2. The zero-order valence-corrected chi connectivity index (χ0v) is 13.2. The SMILES string of the molecule is O=C(O)C1CCCN1c1nc(-c2ccc(Cl)cc2)cc(C(F)F)n1.